The van der Waals surface area contributed by atoms with Gasteiger partial charge >= 0.3 is 0 Å². The van der Waals surface area contributed by atoms with Crippen molar-refractivity contribution in [2.24, 2.45) is 0 Å². The summed E-state index contributed by atoms with van der Waals surface area (Å²) in [6, 6.07) is 20.2. The van der Waals surface area contributed by atoms with Crippen molar-refractivity contribution in [2.75, 3.05) is 5.73 Å². The van der Waals surface area contributed by atoms with Crippen molar-refractivity contribution in [2.45, 2.75) is 0 Å². The van der Waals surface area contributed by atoms with Gasteiger partial charge in [-0.15, -0.1) is 0 Å². The number of nitrogens with two attached hydrogens (primary N) is 1. The van der Waals surface area contributed by atoms with Crippen molar-refractivity contribution in [3.8, 4) is 22.3 Å². The first-order valence-electron chi connectivity index (χ1n) is 6.57. The summed E-state index contributed by atoms with van der Waals surface area (Å²) in [5.74, 6) is -0.469. The third-order valence-corrected chi connectivity index (χ3v) is 3.78. The molecule has 0 aliphatic carbocycles. The van der Waals surface area contributed by atoms with Gasteiger partial charge in [-0.05, 0) is 17.2 Å². The quantitative estimate of drug-likeness (QED) is 0.630. The van der Waals surface area contributed by atoms with E-state index in [1.807, 2.05) is 60.7 Å². The molecule has 0 heterocycles. The van der Waals surface area contributed by atoms with Crippen LogP contribution in [0.2, 0.25) is 5.02 Å². The predicted molar refractivity (Wildman–Crippen MR) is 86.7 cm³/mol. The molecule has 0 unspecified atom stereocenters. The normalized spacial score (nSPS) is 10.6. The van der Waals surface area contributed by atoms with E-state index in [0.717, 1.165) is 11.1 Å². The third kappa shape index (κ3) is 2.50. The smallest absolute Gasteiger partial charge is 0.143 e. The van der Waals surface area contributed by atoms with Crippen LogP contribution >= 0.6 is 11.6 Å². The minimum atomic E-state index is -0.469. The Bertz CT molecular complexity index is 770. The van der Waals surface area contributed by atoms with Crippen LogP contribution < -0.4 is 5.73 Å². The summed E-state index contributed by atoms with van der Waals surface area (Å²) in [6.07, 6.45) is 0. The molecule has 0 aliphatic rings. The highest BCUT2D eigenvalue weighted by Gasteiger charge is 2.17. The lowest BCUT2D eigenvalue weighted by atomic mass is 9.96. The Morgan fingerprint density at radius 1 is 0.810 bits per heavy atom. The third-order valence-electron chi connectivity index (χ3n) is 3.41. The molecule has 21 heavy (non-hydrogen) atoms. The van der Waals surface area contributed by atoms with Crippen LogP contribution in [0.15, 0.2) is 66.7 Å². The fourth-order valence-electron chi connectivity index (χ4n) is 2.38. The Labute approximate surface area is 127 Å². The first kappa shape index (κ1) is 13.7. The second-order valence-corrected chi connectivity index (χ2v) is 5.12. The number of nitrogen functional groups attached to an aromatic ring is 1. The van der Waals surface area contributed by atoms with Gasteiger partial charge in [0.2, 0.25) is 0 Å². The van der Waals surface area contributed by atoms with Gasteiger partial charge in [0.25, 0.3) is 0 Å². The fourth-order valence-corrected chi connectivity index (χ4v) is 2.65. The summed E-state index contributed by atoms with van der Waals surface area (Å²) in [5.41, 5.74) is 9.60. The highest BCUT2D eigenvalue weighted by atomic mass is 35.5. The van der Waals surface area contributed by atoms with E-state index < -0.39 is 5.82 Å². The second kappa shape index (κ2) is 5.58. The molecule has 0 saturated heterocycles. The highest BCUT2D eigenvalue weighted by Crippen LogP contribution is 2.41. The SMILES string of the molecule is Nc1c(-c2ccccc2)cc(F)c(Cl)c1-c1ccccc1. The Morgan fingerprint density at radius 3 is 1.90 bits per heavy atom. The van der Waals surface area contributed by atoms with Crippen LogP contribution in [0.1, 0.15) is 0 Å². The molecule has 0 fully saturated rings. The van der Waals surface area contributed by atoms with E-state index >= 15 is 0 Å². The summed E-state index contributed by atoms with van der Waals surface area (Å²) >= 11 is 6.14. The zero-order valence-electron chi connectivity index (χ0n) is 11.2. The van der Waals surface area contributed by atoms with Gasteiger partial charge in [0.1, 0.15) is 5.82 Å². The molecule has 3 heteroatoms. The first-order valence-corrected chi connectivity index (χ1v) is 6.94. The number of anilines is 1. The van der Waals surface area contributed by atoms with Crippen molar-refractivity contribution >= 4 is 17.3 Å². The Hall–Kier alpha value is -2.32. The lowest BCUT2D eigenvalue weighted by Crippen LogP contribution is -1.97. The number of benzene rings is 3. The second-order valence-electron chi connectivity index (χ2n) is 4.74. The Morgan fingerprint density at radius 2 is 1.33 bits per heavy atom. The van der Waals surface area contributed by atoms with Crippen LogP contribution in [-0.2, 0) is 0 Å². The molecule has 104 valence electrons. The number of rotatable bonds is 2. The lowest BCUT2D eigenvalue weighted by molar-refractivity contribution is 0.629. The van der Waals surface area contributed by atoms with Gasteiger partial charge in [-0.2, -0.15) is 0 Å². The van der Waals surface area contributed by atoms with Crippen LogP contribution in [0.3, 0.4) is 0 Å². The molecule has 0 radical (unpaired) electrons. The highest BCUT2D eigenvalue weighted by molar-refractivity contribution is 6.34. The van der Waals surface area contributed by atoms with Gasteiger partial charge in [0.15, 0.2) is 0 Å². The molecular formula is C18H13ClFN. The molecule has 3 aromatic carbocycles. The van der Waals surface area contributed by atoms with Crippen LogP contribution in [0, 0.1) is 5.82 Å². The maximum atomic E-state index is 14.2. The fraction of sp³-hybridized carbons (Fsp3) is 0. The minimum Gasteiger partial charge on any atom is -0.398 e. The Balaban J connectivity index is 2.29. The maximum Gasteiger partial charge on any atom is 0.143 e. The summed E-state index contributed by atoms with van der Waals surface area (Å²) in [6.45, 7) is 0. The summed E-state index contributed by atoms with van der Waals surface area (Å²) < 4.78 is 14.2. The van der Waals surface area contributed by atoms with Gasteiger partial charge in [0, 0.05) is 16.8 Å². The minimum absolute atomic E-state index is 0.0541. The molecule has 3 rings (SSSR count). The van der Waals surface area contributed by atoms with E-state index in [1.165, 1.54) is 6.07 Å². The van der Waals surface area contributed by atoms with Gasteiger partial charge in [-0.25, -0.2) is 4.39 Å². The molecule has 0 aromatic heterocycles. The average molecular weight is 298 g/mol. The van der Waals surface area contributed by atoms with E-state index in [4.69, 9.17) is 17.3 Å². The largest absolute Gasteiger partial charge is 0.398 e. The molecule has 0 bridgehead atoms. The predicted octanol–water partition coefficient (Wildman–Crippen LogP) is 5.40. The van der Waals surface area contributed by atoms with E-state index in [1.54, 1.807) is 0 Å². The molecule has 0 aliphatic heterocycles. The Kier molecular flexibility index (Phi) is 3.63. The molecule has 0 amide bonds. The monoisotopic (exact) mass is 297 g/mol. The van der Waals surface area contributed by atoms with Crippen molar-refractivity contribution in [3.63, 3.8) is 0 Å². The zero-order valence-corrected chi connectivity index (χ0v) is 11.9. The summed E-state index contributed by atoms with van der Waals surface area (Å²) in [4.78, 5) is 0. The molecule has 3 aromatic rings. The van der Waals surface area contributed by atoms with Gasteiger partial charge in [-0.3, -0.25) is 0 Å². The molecular weight excluding hydrogens is 285 g/mol. The van der Waals surface area contributed by atoms with Crippen LogP contribution in [0.25, 0.3) is 22.3 Å². The van der Waals surface area contributed by atoms with Crippen molar-refractivity contribution in [3.05, 3.63) is 77.6 Å². The van der Waals surface area contributed by atoms with Crippen molar-refractivity contribution in [1.82, 2.24) is 0 Å². The molecule has 0 spiro atoms. The molecule has 0 atom stereocenters. The number of hydrogen-bond acceptors (Lipinski definition) is 1. The van der Waals surface area contributed by atoms with E-state index in [0.29, 0.717) is 16.8 Å². The number of hydrogen-bond donors (Lipinski definition) is 1. The van der Waals surface area contributed by atoms with E-state index in [2.05, 4.69) is 0 Å². The van der Waals surface area contributed by atoms with Gasteiger partial charge < -0.3 is 5.73 Å². The first-order chi connectivity index (χ1) is 10.2. The average Bonchev–Trinajstić information content (AvgIpc) is 2.53. The molecule has 2 N–H and O–H groups in total. The lowest BCUT2D eigenvalue weighted by Gasteiger charge is -2.14. The van der Waals surface area contributed by atoms with Gasteiger partial charge in [0.05, 0.1) is 5.02 Å². The standard InChI is InChI=1S/C18H13ClFN/c19-17-15(20)11-14(12-7-3-1-4-8-12)18(21)16(17)13-9-5-2-6-10-13/h1-11H,21H2. The van der Waals surface area contributed by atoms with E-state index in [-0.39, 0.29) is 5.02 Å². The zero-order chi connectivity index (χ0) is 14.8. The number of halogens is 2. The van der Waals surface area contributed by atoms with Crippen molar-refractivity contribution in [1.29, 1.82) is 0 Å². The van der Waals surface area contributed by atoms with E-state index in [9.17, 15) is 4.39 Å². The summed E-state index contributed by atoms with van der Waals surface area (Å²) in [7, 11) is 0. The van der Waals surface area contributed by atoms with Crippen molar-refractivity contribution < 1.29 is 4.39 Å². The topological polar surface area (TPSA) is 26.0 Å². The van der Waals surface area contributed by atoms with Crippen LogP contribution in [0.5, 0.6) is 0 Å². The maximum absolute atomic E-state index is 14.2. The summed E-state index contributed by atoms with van der Waals surface area (Å²) in [5, 5.41) is 0.0541. The van der Waals surface area contributed by atoms with Crippen LogP contribution in [0.4, 0.5) is 10.1 Å². The molecule has 0 saturated carbocycles. The molecule has 1 nitrogen and oxygen atoms in total. The van der Waals surface area contributed by atoms with Crippen LogP contribution in [-0.4, -0.2) is 0 Å². The van der Waals surface area contributed by atoms with Gasteiger partial charge in [-0.1, -0.05) is 72.3 Å².